The van der Waals surface area contributed by atoms with Gasteiger partial charge in [0, 0.05) is 24.7 Å². The highest BCUT2D eigenvalue weighted by molar-refractivity contribution is 4.84. The first-order valence-corrected chi connectivity index (χ1v) is 6.62. The molecule has 0 aromatic carbocycles. The van der Waals surface area contributed by atoms with Gasteiger partial charge in [-0.05, 0) is 40.2 Å². The van der Waals surface area contributed by atoms with E-state index in [1.54, 1.807) is 0 Å². The summed E-state index contributed by atoms with van der Waals surface area (Å²) in [6.07, 6.45) is 6.70. The largest absolute Gasteiger partial charge is 0.317 e. The van der Waals surface area contributed by atoms with Crippen LogP contribution in [0.1, 0.15) is 52.9 Å². The van der Waals surface area contributed by atoms with E-state index < -0.39 is 0 Å². The second-order valence-electron chi connectivity index (χ2n) is 5.09. The van der Waals surface area contributed by atoms with E-state index in [1.807, 2.05) is 0 Å². The summed E-state index contributed by atoms with van der Waals surface area (Å²) in [4.78, 5) is 2.70. The zero-order valence-corrected chi connectivity index (χ0v) is 10.9. The lowest BCUT2D eigenvalue weighted by atomic mass is 9.95. The molecular weight excluding hydrogens is 184 g/mol. The topological polar surface area (TPSA) is 15.3 Å². The summed E-state index contributed by atoms with van der Waals surface area (Å²) in [6.45, 7) is 8.33. The van der Waals surface area contributed by atoms with Crippen molar-refractivity contribution in [2.45, 2.75) is 71.0 Å². The monoisotopic (exact) mass is 212 g/mol. The second kappa shape index (κ2) is 6.49. The Hall–Kier alpha value is -0.0800. The Bertz CT molecular complexity index is 166. The van der Waals surface area contributed by atoms with Gasteiger partial charge in [0.2, 0.25) is 0 Å². The zero-order chi connectivity index (χ0) is 11.3. The van der Waals surface area contributed by atoms with Gasteiger partial charge in [0.05, 0.1) is 0 Å². The van der Waals surface area contributed by atoms with Gasteiger partial charge in [-0.3, -0.25) is 4.90 Å². The third kappa shape index (κ3) is 3.76. The van der Waals surface area contributed by atoms with Crippen molar-refractivity contribution in [3.05, 3.63) is 0 Å². The molecule has 0 aliphatic carbocycles. The molecule has 3 unspecified atom stereocenters. The van der Waals surface area contributed by atoms with Crippen LogP contribution in [0, 0.1) is 0 Å². The van der Waals surface area contributed by atoms with Crippen LogP contribution in [0.4, 0.5) is 0 Å². The maximum absolute atomic E-state index is 3.41. The molecule has 0 radical (unpaired) electrons. The van der Waals surface area contributed by atoms with Gasteiger partial charge in [-0.1, -0.05) is 19.8 Å². The molecule has 2 nitrogen and oxygen atoms in total. The standard InChI is InChI=1S/C13H28N2/c1-5-6-7-11(2)15-9-8-13(14-4)10-12(15)3/h11-14H,5-10H2,1-4H3. The predicted molar refractivity (Wildman–Crippen MR) is 67.2 cm³/mol. The summed E-state index contributed by atoms with van der Waals surface area (Å²) in [5, 5.41) is 3.41. The molecule has 1 rings (SSSR count). The Balaban J connectivity index is 2.36. The first-order chi connectivity index (χ1) is 7.19. The van der Waals surface area contributed by atoms with Gasteiger partial charge in [-0.25, -0.2) is 0 Å². The average Bonchev–Trinajstić information content (AvgIpc) is 2.25. The van der Waals surface area contributed by atoms with Crippen LogP contribution in [0.15, 0.2) is 0 Å². The third-order valence-electron chi connectivity index (χ3n) is 3.88. The van der Waals surface area contributed by atoms with Crippen LogP contribution in [0.25, 0.3) is 0 Å². The average molecular weight is 212 g/mol. The molecule has 0 aromatic rings. The van der Waals surface area contributed by atoms with Gasteiger partial charge in [0.15, 0.2) is 0 Å². The number of rotatable bonds is 5. The quantitative estimate of drug-likeness (QED) is 0.753. The maximum atomic E-state index is 3.41. The van der Waals surface area contributed by atoms with E-state index in [0.717, 1.165) is 18.1 Å². The predicted octanol–water partition coefficient (Wildman–Crippen LogP) is 2.64. The summed E-state index contributed by atoms with van der Waals surface area (Å²) in [5.41, 5.74) is 0. The van der Waals surface area contributed by atoms with Crippen LogP contribution >= 0.6 is 0 Å². The summed E-state index contributed by atoms with van der Waals surface area (Å²) in [7, 11) is 2.09. The summed E-state index contributed by atoms with van der Waals surface area (Å²) < 4.78 is 0. The highest BCUT2D eigenvalue weighted by atomic mass is 15.2. The van der Waals surface area contributed by atoms with Crippen LogP contribution in [0.3, 0.4) is 0 Å². The lowest BCUT2D eigenvalue weighted by Crippen LogP contribution is -2.50. The molecule has 1 heterocycles. The Morgan fingerprint density at radius 3 is 2.73 bits per heavy atom. The molecule has 15 heavy (non-hydrogen) atoms. The third-order valence-corrected chi connectivity index (χ3v) is 3.88. The van der Waals surface area contributed by atoms with Crippen LogP contribution in [0.2, 0.25) is 0 Å². The number of likely N-dealkylation sites (tertiary alicyclic amines) is 1. The number of nitrogens with one attached hydrogen (secondary N) is 1. The molecule has 0 bridgehead atoms. The Morgan fingerprint density at radius 2 is 2.20 bits per heavy atom. The minimum absolute atomic E-state index is 0.745. The van der Waals surface area contributed by atoms with Crippen LogP contribution in [-0.4, -0.2) is 36.6 Å². The molecule has 0 aromatic heterocycles. The minimum Gasteiger partial charge on any atom is -0.317 e. The molecule has 1 N–H and O–H groups in total. The molecule has 0 spiro atoms. The number of piperidine rings is 1. The molecule has 0 amide bonds. The van der Waals surface area contributed by atoms with Crippen molar-refractivity contribution in [3.63, 3.8) is 0 Å². The van der Waals surface area contributed by atoms with Gasteiger partial charge in [0.1, 0.15) is 0 Å². The Labute approximate surface area is 95.4 Å². The lowest BCUT2D eigenvalue weighted by molar-refractivity contribution is 0.0920. The van der Waals surface area contributed by atoms with Crippen LogP contribution in [-0.2, 0) is 0 Å². The highest BCUT2D eigenvalue weighted by Gasteiger charge is 2.27. The number of unbranched alkanes of at least 4 members (excludes halogenated alkanes) is 1. The second-order valence-corrected chi connectivity index (χ2v) is 5.09. The van der Waals surface area contributed by atoms with Crippen LogP contribution < -0.4 is 5.32 Å². The Morgan fingerprint density at radius 1 is 1.47 bits per heavy atom. The van der Waals surface area contributed by atoms with Crippen molar-refractivity contribution in [3.8, 4) is 0 Å². The fraction of sp³-hybridized carbons (Fsp3) is 1.00. The first-order valence-electron chi connectivity index (χ1n) is 6.62. The fourth-order valence-electron chi connectivity index (χ4n) is 2.77. The zero-order valence-electron chi connectivity index (χ0n) is 10.9. The van der Waals surface area contributed by atoms with E-state index in [2.05, 4.69) is 38.0 Å². The molecule has 90 valence electrons. The first kappa shape index (κ1) is 13.0. The van der Waals surface area contributed by atoms with E-state index in [0.29, 0.717) is 0 Å². The minimum atomic E-state index is 0.745. The molecule has 1 fully saturated rings. The lowest BCUT2D eigenvalue weighted by Gasteiger charge is -2.41. The fourth-order valence-corrected chi connectivity index (χ4v) is 2.77. The van der Waals surface area contributed by atoms with Crippen molar-refractivity contribution in [2.24, 2.45) is 0 Å². The molecular formula is C13H28N2. The molecule has 1 saturated heterocycles. The van der Waals surface area contributed by atoms with Gasteiger partial charge in [-0.2, -0.15) is 0 Å². The molecule has 3 atom stereocenters. The van der Waals surface area contributed by atoms with E-state index in [9.17, 15) is 0 Å². The van der Waals surface area contributed by atoms with Gasteiger partial charge < -0.3 is 5.32 Å². The normalized spacial score (nSPS) is 30.4. The molecule has 2 heteroatoms. The highest BCUT2D eigenvalue weighted by Crippen LogP contribution is 2.21. The molecule has 1 aliphatic heterocycles. The van der Waals surface area contributed by atoms with Crippen molar-refractivity contribution in [1.82, 2.24) is 10.2 Å². The SMILES string of the molecule is CCCCC(C)N1CCC(NC)CC1C. The van der Waals surface area contributed by atoms with Crippen LogP contribution in [0.5, 0.6) is 0 Å². The van der Waals surface area contributed by atoms with Gasteiger partial charge in [0.25, 0.3) is 0 Å². The smallest absolute Gasteiger partial charge is 0.00910 e. The van der Waals surface area contributed by atoms with Gasteiger partial charge in [-0.15, -0.1) is 0 Å². The van der Waals surface area contributed by atoms with Gasteiger partial charge >= 0.3 is 0 Å². The number of nitrogens with zero attached hydrogens (tertiary/aromatic N) is 1. The van der Waals surface area contributed by atoms with Crippen molar-refractivity contribution in [1.29, 1.82) is 0 Å². The summed E-state index contributed by atoms with van der Waals surface area (Å²) in [5.74, 6) is 0. The number of hydrogen-bond donors (Lipinski definition) is 1. The van der Waals surface area contributed by atoms with Crippen molar-refractivity contribution in [2.75, 3.05) is 13.6 Å². The maximum Gasteiger partial charge on any atom is 0.00910 e. The number of hydrogen-bond acceptors (Lipinski definition) is 2. The van der Waals surface area contributed by atoms with Crippen molar-refractivity contribution >= 4 is 0 Å². The van der Waals surface area contributed by atoms with E-state index in [-0.39, 0.29) is 0 Å². The van der Waals surface area contributed by atoms with E-state index >= 15 is 0 Å². The Kier molecular flexibility index (Phi) is 5.62. The van der Waals surface area contributed by atoms with E-state index in [1.165, 1.54) is 38.6 Å². The summed E-state index contributed by atoms with van der Waals surface area (Å²) >= 11 is 0. The summed E-state index contributed by atoms with van der Waals surface area (Å²) in [6, 6.07) is 2.27. The van der Waals surface area contributed by atoms with E-state index in [4.69, 9.17) is 0 Å². The van der Waals surface area contributed by atoms with Crippen molar-refractivity contribution < 1.29 is 0 Å². The molecule has 0 saturated carbocycles. The molecule has 1 aliphatic rings.